The maximum absolute atomic E-state index is 13.2. The van der Waals surface area contributed by atoms with Crippen molar-refractivity contribution in [2.75, 3.05) is 37.0 Å². The number of nitrogens with zero attached hydrogens (tertiary/aromatic N) is 2. The predicted octanol–water partition coefficient (Wildman–Crippen LogP) is 3.79. The normalized spacial score (nSPS) is 14.6. The molecule has 2 aromatic carbocycles. The van der Waals surface area contributed by atoms with E-state index in [1.165, 1.54) is 43.2 Å². The molecule has 0 aliphatic carbocycles. The molecular weight excluding hydrogens is 445 g/mol. The second-order valence-electron chi connectivity index (χ2n) is 7.20. The number of hydrogen-bond acceptors (Lipinski definition) is 4. The van der Waals surface area contributed by atoms with Crippen LogP contribution in [0.1, 0.15) is 19.3 Å². The molecular formula is C21H25Cl2N3O3S. The largest absolute Gasteiger partial charge is 0.354 e. The van der Waals surface area contributed by atoms with Gasteiger partial charge in [0, 0.05) is 16.6 Å². The van der Waals surface area contributed by atoms with Crippen molar-refractivity contribution in [1.29, 1.82) is 0 Å². The third-order valence-electron chi connectivity index (χ3n) is 4.96. The molecule has 0 bridgehead atoms. The van der Waals surface area contributed by atoms with Crippen LogP contribution in [-0.2, 0) is 14.8 Å². The van der Waals surface area contributed by atoms with Crippen LogP contribution >= 0.6 is 23.2 Å². The highest BCUT2D eigenvalue weighted by atomic mass is 35.5. The molecule has 1 fully saturated rings. The Balaban J connectivity index is 1.71. The van der Waals surface area contributed by atoms with Gasteiger partial charge in [0.1, 0.15) is 6.54 Å². The van der Waals surface area contributed by atoms with Gasteiger partial charge in [-0.15, -0.1) is 0 Å². The molecule has 0 saturated carbocycles. The number of rotatable bonds is 9. The van der Waals surface area contributed by atoms with Crippen molar-refractivity contribution in [3.8, 4) is 0 Å². The van der Waals surface area contributed by atoms with E-state index in [1.54, 1.807) is 18.2 Å². The molecule has 2 aromatic rings. The van der Waals surface area contributed by atoms with E-state index >= 15 is 0 Å². The molecule has 0 unspecified atom stereocenters. The first-order valence-corrected chi connectivity index (χ1v) is 12.1. The van der Waals surface area contributed by atoms with E-state index in [0.717, 1.165) is 30.4 Å². The smallest absolute Gasteiger partial charge is 0.264 e. The third-order valence-corrected chi connectivity index (χ3v) is 7.23. The lowest BCUT2D eigenvalue weighted by Gasteiger charge is -2.24. The van der Waals surface area contributed by atoms with Crippen LogP contribution in [-0.4, -0.2) is 51.9 Å². The highest BCUT2D eigenvalue weighted by Gasteiger charge is 2.27. The lowest BCUT2D eigenvalue weighted by molar-refractivity contribution is -0.119. The van der Waals surface area contributed by atoms with Gasteiger partial charge in [0.2, 0.25) is 5.91 Å². The maximum Gasteiger partial charge on any atom is 0.264 e. The van der Waals surface area contributed by atoms with Crippen molar-refractivity contribution in [1.82, 2.24) is 10.2 Å². The summed E-state index contributed by atoms with van der Waals surface area (Å²) in [6.07, 6.45) is 3.28. The lowest BCUT2D eigenvalue weighted by Crippen LogP contribution is -2.41. The summed E-state index contributed by atoms with van der Waals surface area (Å²) in [4.78, 5) is 15.0. The predicted molar refractivity (Wildman–Crippen MR) is 121 cm³/mol. The number of halogens is 2. The van der Waals surface area contributed by atoms with Crippen molar-refractivity contribution in [3.05, 3.63) is 58.6 Å². The lowest BCUT2D eigenvalue weighted by atomic mass is 10.3. The monoisotopic (exact) mass is 469 g/mol. The Kier molecular flexibility index (Phi) is 7.99. The standard InChI is InChI=1S/C21H25Cl2N3O3S/c22-17-7-9-20(10-8-17)30(28,29)26(19-6-3-5-18(23)15-19)16-21(27)24-11-4-14-25-12-1-2-13-25/h3,5-10,15H,1-2,4,11-14,16H2,(H,24,27). The first-order valence-electron chi connectivity index (χ1n) is 9.89. The Labute approximate surface area is 187 Å². The number of amides is 1. The minimum Gasteiger partial charge on any atom is -0.354 e. The second kappa shape index (κ2) is 10.5. The summed E-state index contributed by atoms with van der Waals surface area (Å²) in [6.45, 7) is 3.31. The van der Waals surface area contributed by atoms with Crippen molar-refractivity contribution in [2.24, 2.45) is 0 Å². The molecule has 0 atom stereocenters. The van der Waals surface area contributed by atoms with Crippen LogP contribution in [0.25, 0.3) is 0 Å². The summed E-state index contributed by atoms with van der Waals surface area (Å²) in [5, 5.41) is 3.64. The first-order chi connectivity index (χ1) is 14.4. The Bertz CT molecular complexity index is 962. The fourth-order valence-corrected chi connectivity index (χ4v) is 5.13. The second-order valence-corrected chi connectivity index (χ2v) is 9.93. The van der Waals surface area contributed by atoms with Crippen LogP contribution in [0.3, 0.4) is 0 Å². The summed E-state index contributed by atoms with van der Waals surface area (Å²) in [6, 6.07) is 12.3. The molecule has 162 valence electrons. The van der Waals surface area contributed by atoms with Gasteiger partial charge >= 0.3 is 0 Å². The quantitative estimate of drug-likeness (QED) is 0.567. The maximum atomic E-state index is 13.2. The highest BCUT2D eigenvalue weighted by Crippen LogP contribution is 2.26. The molecule has 6 nitrogen and oxygen atoms in total. The van der Waals surface area contributed by atoms with E-state index in [4.69, 9.17) is 23.2 Å². The Hall–Kier alpha value is -1.80. The van der Waals surface area contributed by atoms with Crippen molar-refractivity contribution < 1.29 is 13.2 Å². The van der Waals surface area contributed by atoms with Gasteiger partial charge in [0.25, 0.3) is 10.0 Å². The van der Waals surface area contributed by atoms with Crippen molar-refractivity contribution >= 4 is 44.8 Å². The average molecular weight is 470 g/mol. The fourth-order valence-electron chi connectivity index (χ4n) is 3.40. The van der Waals surface area contributed by atoms with Crippen LogP contribution in [0.2, 0.25) is 10.0 Å². The minimum absolute atomic E-state index is 0.0497. The average Bonchev–Trinajstić information content (AvgIpc) is 3.23. The summed E-state index contributed by atoms with van der Waals surface area (Å²) >= 11 is 12.0. The summed E-state index contributed by atoms with van der Waals surface area (Å²) in [5.41, 5.74) is 0.324. The molecule has 0 spiro atoms. The first kappa shape index (κ1) is 22.9. The van der Waals surface area contributed by atoms with Gasteiger partial charge < -0.3 is 10.2 Å². The molecule has 0 aromatic heterocycles. The van der Waals surface area contributed by atoms with Crippen LogP contribution in [0.4, 0.5) is 5.69 Å². The third kappa shape index (κ3) is 6.11. The van der Waals surface area contributed by atoms with Crippen LogP contribution in [0.15, 0.2) is 53.4 Å². The summed E-state index contributed by atoms with van der Waals surface area (Å²) < 4.78 is 27.6. The highest BCUT2D eigenvalue weighted by molar-refractivity contribution is 7.92. The van der Waals surface area contributed by atoms with Crippen LogP contribution in [0.5, 0.6) is 0 Å². The number of carbonyl (C=O) groups excluding carboxylic acids is 1. The fraction of sp³-hybridized carbons (Fsp3) is 0.381. The number of likely N-dealkylation sites (tertiary alicyclic amines) is 1. The van der Waals surface area contributed by atoms with Gasteiger partial charge in [-0.1, -0.05) is 29.3 Å². The molecule has 1 aliphatic rings. The zero-order valence-electron chi connectivity index (χ0n) is 16.6. The molecule has 1 N–H and O–H groups in total. The van der Waals surface area contributed by atoms with Crippen LogP contribution < -0.4 is 9.62 Å². The molecule has 1 aliphatic heterocycles. The van der Waals surface area contributed by atoms with E-state index in [0.29, 0.717) is 22.3 Å². The summed E-state index contributed by atoms with van der Waals surface area (Å²) in [7, 11) is -3.98. The van der Waals surface area contributed by atoms with Gasteiger partial charge in [0.15, 0.2) is 0 Å². The molecule has 1 heterocycles. The zero-order chi connectivity index (χ0) is 21.6. The number of anilines is 1. The van der Waals surface area contributed by atoms with Crippen LogP contribution in [0, 0.1) is 0 Å². The van der Waals surface area contributed by atoms with Gasteiger partial charge in [-0.3, -0.25) is 9.10 Å². The van der Waals surface area contributed by atoms with Gasteiger partial charge in [-0.2, -0.15) is 0 Å². The topological polar surface area (TPSA) is 69.7 Å². The van der Waals surface area contributed by atoms with Crippen molar-refractivity contribution in [3.63, 3.8) is 0 Å². The minimum atomic E-state index is -3.98. The van der Waals surface area contributed by atoms with Crippen molar-refractivity contribution in [2.45, 2.75) is 24.2 Å². The van der Waals surface area contributed by atoms with E-state index in [2.05, 4.69) is 10.2 Å². The zero-order valence-corrected chi connectivity index (χ0v) is 18.9. The van der Waals surface area contributed by atoms with Gasteiger partial charge in [0.05, 0.1) is 10.6 Å². The number of sulfonamides is 1. The molecule has 9 heteroatoms. The van der Waals surface area contributed by atoms with Gasteiger partial charge in [-0.25, -0.2) is 8.42 Å². The number of hydrogen-bond donors (Lipinski definition) is 1. The Morgan fingerprint density at radius 1 is 1.03 bits per heavy atom. The molecule has 0 radical (unpaired) electrons. The van der Waals surface area contributed by atoms with E-state index in [-0.39, 0.29) is 17.3 Å². The Morgan fingerprint density at radius 3 is 2.40 bits per heavy atom. The van der Waals surface area contributed by atoms with Gasteiger partial charge in [-0.05, 0) is 81.4 Å². The SMILES string of the molecule is O=C(CN(c1cccc(Cl)c1)S(=O)(=O)c1ccc(Cl)cc1)NCCCN1CCCC1. The summed E-state index contributed by atoms with van der Waals surface area (Å²) in [5.74, 6) is -0.367. The molecule has 3 rings (SSSR count). The number of nitrogens with one attached hydrogen (secondary N) is 1. The number of carbonyl (C=O) groups is 1. The van der Waals surface area contributed by atoms with E-state index < -0.39 is 10.0 Å². The molecule has 30 heavy (non-hydrogen) atoms. The molecule has 1 amide bonds. The van der Waals surface area contributed by atoms with E-state index in [1.807, 2.05) is 0 Å². The molecule has 1 saturated heterocycles. The Morgan fingerprint density at radius 2 is 1.73 bits per heavy atom. The number of benzene rings is 2. The van der Waals surface area contributed by atoms with E-state index in [9.17, 15) is 13.2 Å².